The molecule has 6 rings (SSSR count). The Morgan fingerprint density at radius 2 is 1.86 bits per heavy atom. The van der Waals surface area contributed by atoms with E-state index in [0.29, 0.717) is 6.54 Å². The van der Waals surface area contributed by atoms with E-state index in [0.717, 1.165) is 53.1 Å². The summed E-state index contributed by atoms with van der Waals surface area (Å²) in [6.45, 7) is 3.74. The van der Waals surface area contributed by atoms with Gasteiger partial charge in [0.2, 0.25) is 0 Å². The van der Waals surface area contributed by atoms with E-state index in [1.165, 1.54) is 16.1 Å². The predicted octanol–water partition coefficient (Wildman–Crippen LogP) is 7.71. The normalized spacial score (nSPS) is 13.5. The van der Waals surface area contributed by atoms with Crippen molar-refractivity contribution in [3.8, 4) is 0 Å². The first kappa shape index (κ1) is 23.3. The summed E-state index contributed by atoms with van der Waals surface area (Å²) in [6, 6.07) is 31.3. The molecule has 5 aromatic rings. The summed E-state index contributed by atoms with van der Waals surface area (Å²) in [5.74, 6) is 0.798. The quantitative estimate of drug-likeness (QED) is 0.161. The average Bonchev–Trinajstić information content (AvgIpc) is 3.70. The first-order valence-corrected chi connectivity index (χ1v) is 13.5. The van der Waals surface area contributed by atoms with Crippen molar-refractivity contribution < 1.29 is 4.42 Å². The maximum absolute atomic E-state index is 6.26. The van der Waals surface area contributed by atoms with Crippen molar-refractivity contribution in [1.82, 2.24) is 0 Å². The molecule has 0 radical (unpaired) electrons. The van der Waals surface area contributed by atoms with Crippen molar-refractivity contribution in [1.29, 1.82) is 0 Å². The fourth-order valence-corrected chi connectivity index (χ4v) is 5.32. The highest BCUT2D eigenvalue weighted by Crippen LogP contribution is 2.28. The molecule has 2 aromatic heterocycles. The molecule has 3 heterocycles. The zero-order valence-electron chi connectivity index (χ0n) is 20.7. The molecule has 0 saturated carbocycles. The Morgan fingerprint density at radius 1 is 1.00 bits per heavy atom. The van der Waals surface area contributed by atoms with Crippen LogP contribution in [0.1, 0.15) is 35.1 Å². The summed E-state index contributed by atoms with van der Waals surface area (Å²) < 4.78 is 6.26. The number of fused-ring (bicyclic) bond motifs is 2. The van der Waals surface area contributed by atoms with Gasteiger partial charge in [-0.3, -0.25) is 10.0 Å². The molecule has 5 nitrogen and oxygen atoms in total. The molecule has 184 valence electrons. The third-order valence-electron chi connectivity index (χ3n) is 6.55. The van der Waals surface area contributed by atoms with Crippen LogP contribution in [0.4, 0.5) is 11.4 Å². The molecule has 1 aliphatic rings. The lowest BCUT2D eigenvalue weighted by molar-refractivity contribution is 0.601. The minimum absolute atomic E-state index is 0.714. The zero-order chi connectivity index (χ0) is 25.0. The molecule has 3 aromatic carbocycles. The van der Waals surface area contributed by atoms with Gasteiger partial charge >= 0.3 is 0 Å². The van der Waals surface area contributed by atoms with Gasteiger partial charge in [0.15, 0.2) is 5.76 Å². The lowest BCUT2D eigenvalue weighted by Crippen LogP contribution is -2.18. The van der Waals surface area contributed by atoms with Crippen LogP contribution < -0.4 is 10.0 Å². The number of hydrogen-bond acceptors (Lipinski definition) is 6. The largest absolute Gasteiger partial charge is 0.455 e. The van der Waals surface area contributed by atoms with Crippen molar-refractivity contribution >= 4 is 45.6 Å². The second kappa shape index (κ2) is 10.4. The first-order valence-electron chi connectivity index (χ1n) is 12.6. The zero-order valence-corrected chi connectivity index (χ0v) is 21.6. The Morgan fingerprint density at radius 3 is 2.70 bits per heavy atom. The molecular formula is C31H28N4OS. The molecule has 0 bridgehead atoms. The second-order valence-corrected chi connectivity index (χ2v) is 10.1. The van der Waals surface area contributed by atoms with Crippen molar-refractivity contribution in [2.24, 2.45) is 10.2 Å². The fraction of sp³-hybridized carbons (Fsp3) is 0.161. The number of rotatable bonds is 8. The Hall–Kier alpha value is -4.16. The van der Waals surface area contributed by atoms with Crippen LogP contribution >= 0.6 is 11.3 Å². The number of furan rings is 1. The third kappa shape index (κ3) is 5.06. The maximum Gasteiger partial charge on any atom is 0.151 e. The van der Waals surface area contributed by atoms with Crippen LogP contribution in [0, 0.1) is 0 Å². The van der Waals surface area contributed by atoms with Crippen LogP contribution in [0.5, 0.6) is 0 Å². The SMILES string of the molecule is CCC(=NN(Cc1cccs1)c1ccccc1)c1cc2cc(C=NN3CCc4ccccc43)ccc2o1. The second-order valence-electron chi connectivity index (χ2n) is 9.03. The third-order valence-corrected chi connectivity index (χ3v) is 7.41. The van der Waals surface area contributed by atoms with Crippen molar-refractivity contribution in [3.63, 3.8) is 0 Å². The number of hydrazone groups is 2. The summed E-state index contributed by atoms with van der Waals surface area (Å²) in [7, 11) is 0. The average molecular weight is 505 g/mol. The van der Waals surface area contributed by atoms with Crippen LogP contribution in [0.25, 0.3) is 11.0 Å². The van der Waals surface area contributed by atoms with Gasteiger partial charge in [0, 0.05) is 16.8 Å². The van der Waals surface area contributed by atoms with Gasteiger partial charge in [-0.05, 0) is 77.9 Å². The van der Waals surface area contributed by atoms with E-state index in [2.05, 4.69) is 89.1 Å². The molecular weight excluding hydrogens is 476 g/mol. The number of hydrogen-bond donors (Lipinski definition) is 0. The van der Waals surface area contributed by atoms with Crippen molar-refractivity contribution in [2.75, 3.05) is 16.6 Å². The smallest absolute Gasteiger partial charge is 0.151 e. The molecule has 0 aliphatic carbocycles. The summed E-state index contributed by atoms with van der Waals surface area (Å²) in [5, 5.41) is 17.1. The van der Waals surface area contributed by atoms with Crippen LogP contribution in [0.15, 0.2) is 111 Å². The Bertz CT molecular complexity index is 1550. The first-order chi connectivity index (χ1) is 18.3. The lowest BCUT2D eigenvalue weighted by Gasteiger charge is -2.20. The van der Waals surface area contributed by atoms with E-state index in [1.54, 1.807) is 11.3 Å². The molecule has 6 heteroatoms. The number of thiophene rings is 1. The van der Waals surface area contributed by atoms with Crippen LogP contribution in [-0.2, 0) is 13.0 Å². The molecule has 1 aliphatic heterocycles. The topological polar surface area (TPSA) is 44.3 Å². The van der Waals surface area contributed by atoms with E-state index in [-0.39, 0.29) is 0 Å². The van der Waals surface area contributed by atoms with E-state index >= 15 is 0 Å². The molecule has 0 N–H and O–H groups in total. The van der Waals surface area contributed by atoms with Crippen LogP contribution in [0.3, 0.4) is 0 Å². The maximum atomic E-state index is 6.26. The van der Waals surface area contributed by atoms with Gasteiger partial charge in [0.05, 0.1) is 24.1 Å². The van der Waals surface area contributed by atoms with Crippen molar-refractivity contribution in [3.05, 3.63) is 118 Å². The van der Waals surface area contributed by atoms with Gasteiger partial charge in [-0.1, -0.05) is 49.4 Å². The number of para-hydroxylation sites is 2. The summed E-state index contributed by atoms with van der Waals surface area (Å²) in [6.07, 6.45) is 3.72. The molecule has 37 heavy (non-hydrogen) atoms. The predicted molar refractivity (Wildman–Crippen MR) is 155 cm³/mol. The minimum Gasteiger partial charge on any atom is -0.455 e. The molecule has 0 atom stereocenters. The number of nitrogens with zero attached hydrogens (tertiary/aromatic N) is 4. The monoisotopic (exact) mass is 504 g/mol. The molecule has 0 fully saturated rings. The lowest BCUT2D eigenvalue weighted by atomic mass is 10.1. The summed E-state index contributed by atoms with van der Waals surface area (Å²) in [4.78, 5) is 1.26. The van der Waals surface area contributed by atoms with E-state index in [4.69, 9.17) is 14.6 Å². The van der Waals surface area contributed by atoms with Crippen molar-refractivity contribution in [2.45, 2.75) is 26.3 Å². The molecule has 0 unspecified atom stereocenters. The van der Waals surface area contributed by atoms with Gasteiger partial charge in [-0.25, -0.2) is 0 Å². The van der Waals surface area contributed by atoms with E-state index < -0.39 is 0 Å². The number of benzene rings is 3. The van der Waals surface area contributed by atoms with E-state index in [9.17, 15) is 0 Å². The highest BCUT2D eigenvalue weighted by molar-refractivity contribution is 7.09. The fourth-order valence-electron chi connectivity index (χ4n) is 4.64. The van der Waals surface area contributed by atoms with E-state index in [1.807, 2.05) is 30.5 Å². The number of anilines is 2. The van der Waals surface area contributed by atoms with Crippen LogP contribution in [0.2, 0.25) is 0 Å². The van der Waals surface area contributed by atoms with Crippen LogP contribution in [-0.4, -0.2) is 18.5 Å². The van der Waals surface area contributed by atoms with Gasteiger partial charge in [0.1, 0.15) is 11.3 Å². The molecule has 0 amide bonds. The summed E-state index contributed by atoms with van der Waals surface area (Å²) in [5.41, 5.74) is 6.41. The Kier molecular flexibility index (Phi) is 6.57. The minimum atomic E-state index is 0.714. The highest BCUT2D eigenvalue weighted by Gasteiger charge is 2.17. The molecule has 0 spiro atoms. The molecule has 0 saturated heterocycles. The Labute approximate surface area is 221 Å². The van der Waals surface area contributed by atoms with Gasteiger partial charge in [0.25, 0.3) is 0 Å². The summed E-state index contributed by atoms with van der Waals surface area (Å²) >= 11 is 1.74. The van der Waals surface area contributed by atoms with Gasteiger partial charge in [-0.2, -0.15) is 10.2 Å². The van der Waals surface area contributed by atoms with Gasteiger partial charge < -0.3 is 4.42 Å². The Balaban J connectivity index is 1.27. The highest BCUT2D eigenvalue weighted by atomic mass is 32.1. The standard InChI is InChI=1S/C31H28N4OS/c1-2-28(33-35(22-27-12-8-18-37-27)26-10-4-3-5-11-26)31-20-25-19-23(14-15-30(25)36-31)21-32-34-17-16-24-9-6-7-13-29(24)34/h3-15,18-21H,2,16-17,22H2,1H3. The van der Waals surface area contributed by atoms with Gasteiger partial charge in [-0.15, -0.1) is 11.3 Å².